The fraction of sp³-hybridized carbons (Fsp3) is 0.423. The maximum absolute atomic E-state index is 12.9. The van der Waals surface area contributed by atoms with Crippen molar-refractivity contribution in [3.63, 3.8) is 0 Å². The Morgan fingerprint density at radius 1 is 1.06 bits per heavy atom. The molecular weight excluding hydrogens is 416 g/mol. The van der Waals surface area contributed by atoms with Crippen LogP contribution in [0.3, 0.4) is 0 Å². The average Bonchev–Trinajstić information content (AvgIpc) is 2.87. The molecule has 176 valence electrons. The second-order valence-corrected chi connectivity index (χ2v) is 8.11. The number of nitrogens with one attached hydrogen (secondary N) is 2. The standard InChI is InChI=1S/C26H34N4O3/c1-2-21-11-13-22(14-12-21)20-28-29-26(32)24(30-16-18-33-19-17-30)10-6-7-15-27-25(31)23-8-4-3-5-9-23/h3-5,8-9,11-14,20,24H,2,6-7,10,15-19H2,1H3,(H,27,31)(H,29,32)/b28-20+/t24-/m1/s1. The van der Waals surface area contributed by atoms with Gasteiger partial charge in [0, 0.05) is 25.2 Å². The number of amides is 2. The van der Waals surface area contributed by atoms with Crippen molar-refractivity contribution in [2.45, 2.75) is 38.6 Å². The number of nitrogens with zero attached hydrogens (tertiary/aromatic N) is 2. The first-order valence-corrected chi connectivity index (χ1v) is 11.7. The van der Waals surface area contributed by atoms with Gasteiger partial charge in [-0.3, -0.25) is 14.5 Å². The van der Waals surface area contributed by atoms with Gasteiger partial charge in [0.15, 0.2) is 0 Å². The molecule has 0 spiro atoms. The van der Waals surface area contributed by atoms with Crippen LogP contribution in [0.15, 0.2) is 59.7 Å². The molecule has 1 saturated heterocycles. The highest BCUT2D eigenvalue weighted by Crippen LogP contribution is 2.12. The normalized spacial score (nSPS) is 15.3. The third kappa shape index (κ3) is 8.11. The van der Waals surface area contributed by atoms with Gasteiger partial charge in [-0.15, -0.1) is 0 Å². The van der Waals surface area contributed by atoms with Crippen LogP contribution in [-0.2, 0) is 16.0 Å². The van der Waals surface area contributed by atoms with E-state index in [1.54, 1.807) is 18.3 Å². The lowest BCUT2D eigenvalue weighted by Crippen LogP contribution is -2.50. The summed E-state index contributed by atoms with van der Waals surface area (Å²) in [6.45, 7) is 5.41. The molecule has 33 heavy (non-hydrogen) atoms. The Morgan fingerprint density at radius 2 is 1.79 bits per heavy atom. The van der Waals surface area contributed by atoms with E-state index in [-0.39, 0.29) is 17.9 Å². The summed E-state index contributed by atoms with van der Waals surface area (Å²) in [5.41, 5.74) is 5.59. The molecule has 0 radical (unpaired) electrons. The van der Waals surface area contributed by atoms with Crippen LogP contribution in [0.2, 0.25) is 0 Å². The molecule has 1 heterocycles. The number of carbonyl (C=O) groups excluding carboxylic acids is 2. The van der Waals surface area contributed by atoms with Gasteiger partial charge in [-0.25, -0.2) is 5.43 Å². The van der Waals surface area contributed by atoms with Crippen molar-refractivity contribution < 1.29 is 14.3 Å². The molecule has 2 aromatic rings. The number of morpholine rings is 1. The zero-order valence-corrected chi connectivity index (χ0v) is 19.3. The van der Waals surface area contributed by atoms with E-state index in [0.29, 0.717) is 31.7 Å². The molecule has 2 aromatic carbocycles. The Morgan fingerprint density at radius 3 is 2.48 bits per heavy atom. The lowest BCUT2D eigenvalue weighted by Gasteiger charge is -2.33. The largest absolute Gasteiger partial charge is 0.379 e. The molecule has 1 aliphatic rings. The predicted molar refractivity (Wildman–Crippen MR) is 130 cm³/mol. The van der Waals surface area contributed by atoms with Crippen molar-refractivity contribution in [2.24, 2.45) is 5.10 Å². The highest BCUT2D eigenvalue weighted by molar-refractivity contribution is 5.94. The number of benzene rings is 2. The number of rotatable bonds is 11. The van der Waals surface area contributed by atoms with Gasteiger partial charge in [0.25, 0.3) is 11.8 Å². The third-order valence-electron chi connectivity index (χ3n) is 5.79. The average molecular weight is 451 g/mol. The van der Waals surface area contributed by atoms with Gasteiger partial charge in [-0.1, -0.05) is 49.4 Å². The Labute approximate surface area is 196 Å². The molecule has 3 rings (SSSR count). The summed E-state index contributed by atoms with van der Waals surface area (Å²) in [5.74, 6) is -0.175. The number of hydrazone groups is 1. The molecule has 1 atom stereocenters. The second kappa shape index (κ2) is 13.5. The molecule has 0 bridgehead atoms. The Hall–Kier alpha value is -3.03. The SMILES string of the molecule is CCc1ccc(/C=N/NC(=O)[C@@H](CCCCNC(=O)c2ccccc2)N2CCOCC2)cc1. The van der Waals surface area contributed by atoms with Crippen molar-refractivity contribution in [3.05, 3.63) is 71.3 Å². The van der Waals surface area contributed by atoms with Crippen LogP contribution in [0.1, 0.15) is 47.7 Å². The number of unbranched alkanes of at least 4 members (excludes halogenated alkanes) is 1. The highest BCUT2D eigenvalue weighted by atomic mass is 16.5. The number of hydrogen-bond acceptors (Lipinski definition) is 5. The molecule has 0 unspecified atom stereocenters. The molecular formula is C26H34N4O3. The summed E-state index contributed by atoms with van der Waals surface area (Å²) < 4.78 is 5.45. The molecule has 7 nitrogen and oxygen atoms in total. The lowest BCUT2D eigenvalue weighted by atomic mass is 10.1. The predicted octanol–water partition coefficient (Wildman–Crippen LogP) is 3.00. The van der Waals surface area contributed by atoms with Gasteiger partial charge in [0.1, 0.15) is 0 Å². The fourth-order valence-corrected chi connectivity index (χ4v) is 3.81. The van der Waals surface area contributed by atoms with Gasteiger partial charge in [0.05, 0.1) is 25.5 Å². The smallest absolute Gasteiger partial charge is 0.257 e. The van der Waals surface area contributed by atoms with Crippen molar-refractivity contribution in [1.29, 1.82) is 0 Å². The molecule has 0 aliphatic carbocycles. The van der Waals surface area contributed by atoms with Crippen LogP contribution >= 0.6 is 0 Å². The third-order valence-corrected chi connectivity index (χ3v) is 5.79. The van der Waals surface area contributed by atoms with Gasteiger partial charge in [-0.05, 0) is 48.9 Å². The van der Waals surface area contributed by atoms with E-state index >= 15 is 0 Å². The Balaban J connectivity index is 1.47. The van der Waals surface area contributed by atoms with Crippen LogP contribution in [-0.4, -0.2) is 61.8 Å². The van der Waals surface area contributed by atoms with Crippen LogP contribution in [0, 0.1) is 0 Å². The van der Waals surface area contributed by atoms with Crippen LogP contribution in [0.25, 0.3) is 0 Å². The van der Waals surface area contributed by atoms with Crippen LogP contribution in [0.5, 0.6) is 0 Å². The van der Waals surface area contributed by atoms with Crippen molar-refractivity contribution >= 4 is 18.0 Å². The van der Waals surface area contributed by atoms with Gasteiger partial charge >= 0.3 is 0 Å². The lowest BCUT2D eigenvalue weighted by molar-refractivity contribution is -0.128. The minimum absolute atomic E-state index is 0.0700. The van der Waals surface area contributed by atoms with Gasteiger partial charge < -0.3 is 10.1 Å². The summed E-state index contributed by atoms with van der Waals surface area (Å²) in [6, 6.07) is 17.0. The van der Waals surface area contributed by atoms with E-state index in [4.69, 9.17) is 4.74 Å². The zero-order chi connectivity index (χ0) is 23.3. The summed E-state index contributed by atoms with van der Waals surface area (Å²) in [7, 11) is 0. The van der Waals surface area contributed by atoms with E-state index in [1.165, 1.54) is 5.56 Å². The topological polar surface area (TPSA) is 83.0 Å². The number of carbonyl (C=O) groups is 2. The highest BCUT2D eigenvalue weighted by Gasteiger charge is 2.26. The zero-order valence-electron chi connectivity index (χ0n) is 19.3. The van der Waals surface area contributed by atoms with Crippen molar-refractivity contribution in [3.8, 4) is 0 Å². The monoisotopic (exact) mass is 450 g/mol. The summed E-state index contributed by atoms with van der Waals surface area (Å²) in [6.07, 6.45) is 5.00. The van der Waals surface area contributed by atoms with E-state index in [0.717, 1.165) is 37.9 Å². The minimum atomic E-state index is -0.265. The summed E-state index contributed by atoms with van der Waals surface area (Å²) in [4.78, 5) is 27.2. The number of hydrogen-bond donors (Lipinski definition) is 2. The summed E-state index contributed by atoms with van der Waals surface area (Å²) in [5, 5.41) is 7.12. The maximum Gasteiger partial charge on any atom is 0.257 e. The van der Waals surface area contributed by atoms with E-state index in [9.17, 15) is 9.59 Å². The summed E-state index contributed by atoms with van der Waals surface area (Å²) >= 11 is 0. The first-order valence-electron chi connectivity index (χ1n) is 11.7. The number of aryl methyl sites for hydroxylation is 1. The maximum atomic E-state index is 12.9. The molecule has 0 aromatic heterocycles. The number of ether oxygens (including phenoxy) is 1. The van der Waals surface area contributed by atoms with E-state index in [2.05, 4.69) is 39.8 Å². The van der Waals surface area contributed by atoms with Crippen molar-refractivity contribution in [2.75, 3.05) is 32.8 Å². The Bertz CT molecular complexity index is 894. The first kappa shape index (κ1) is 24.6. The van der Waals surface area contributed by atoms with Crippen LogP contribution < -0.4 is 10.7 Å². The van der Waals surface area contributed by atoms with Gasteiger partial charge in [-0.2, -0.15) is 5.10 Å². The second-order valence-electron chi connectivity index (χ2n) is 8.11. The minimum Gasteiger partial charge on any atom is -0.379 e. The Kier molecular flexibility index (Phi) is 10.1. The molecule has 1 aliphatic heterocycles. The molecule has 7 heteroatoms. The first-order chi connectivity index (χ1) is 16.2. The van der Waals surface area contributed by atoms with E-state index in [1.807, 2.05) is 30.3 Å². The quantitative estimate of drug-likeness (QED) is 0.313. The van der Waals surface area contributed by atoms with E-state index < -0.39 is 0 Å². The fourth-order valence-electron chi connectivity index (χ4n) is 3.81. The molecule has 0 saturated carbocycles. The molecule has 2 amide bonds. The molecule has 2 N–H and O–H groups in total. The van der Waals surface area contributed by atoms with Crippen LogP contribution in [0.4, 0.5) is 0 Å². The van der Waals surface area contributed by atoms with Crippen molar-refractivity contribution in [1.82, 2.24) is 15.6 Å². The van der Waals surface area contributed by atoms with Gasteiger partial charge in [0.2, 0.25) is 0 Å². The molecule has 1 fully saturated rings.